The van der Waals surface area contributed by atoms with E-state index in [1.54, 1.807) is 6.33 Å². The van der Waals surface area contributed by atoms with Crippen LogP contribution < -0.4 is 0 Å². The van der Waals surface area contributed by atoms with Crippen molar-refractivity contribution in [2.75, 3.05) is 5.75 Å². The van der Waals surface area contributed by atoms with Crippen molar-refractivity contribution in [3.63, 3.8) is 0 Å². The summed E-state index contributed by atoms with van der Waals surface area (Å²) >= 11 is 5.43. The van der Waals surface area contributed by atoms with E-state index in [1.807, 2.05) is 11.8 Å². The van der Waals surface area contributed by atoms with Crippen LogP contribution in [-0.4, -0.2) is 15.7 Å². The molecule has 0 amide bonds. The molecule has 0 saturated heterocycles. The van der Waals surface area contributed by atoms with Crippen LogP contribution in [0.15, 0.2) is 27.8 Å². The number of nitrogens with zero attached hydrogens (tertiary/aromatic N) is 1. The fraction of sp³-hybridized carbons (Fsp3) is 0.417. The molecule has 0 spiro atoms. The molecule has 86 valence electrons. The number of thioether (sulfide) groups is 1. The molecule has 2 aromatic rings. The average molecular weight is 299 g/mol. The number of aromatic amines is 1. The minimum atomic E-state index is 0.347. The number of hydrogen-bond donors (Lipinski definition) is 1. The third-order valence-corrected chi connectivity index (χ3v) is 4.31. The van der Waals surface area contributed by atoms with Crippen molar-refractivity contribution in [1.82, 2.24) is 9.97 Å². The lowest BCUT2D eigenvalue weighted by Crippen LogP contribution is -2.07. The molecule has 1 aromatic heterocycles. The van der Waals surface area contributed by atoms with Crippen LogP contribution in [0.1, 0.15) is 20.8 Å². The number of hydrogen-bond acceptors (Lipinski definition) is 2. The highest BCUT2D eigenvalue weighted by Crippen LogP contribution is 2.32. The molecule has 0 saturated carbocycles. The molecule has 0 aliphatic rings. The van der Waals surface area contributed by atoms with Gasteiger partial charge in [0.05, 0.1) is 11.8 Å². The van der Waals surface area contributed by atoms with Gasteiger partial charge >= 0.3 is 0 Å². The van der Waals surface area contributed by atoms with Gasteiger partial charge in [-0.2, -0.15) is 0 Å². The molecule has 0 bridgehead atoms. The molecule has 4 heteroatoms. The first-order valence-corrected chi connectivity index (χ1v) is 6.99. The van der Waals surface area contributed by atoms with E-state index in [0.29, 0.717) is 5.41 Å². The lowest BCUT2D eigenvalue weighted by Gasteiger charge is -2.17. The fourth-order valence-corrected chi connectivity index (χ4v) is 3.08. The lowest BCUT2D eigenvalue weighted by atomic mass is 10.0. The minimum Gasteiger partial charge on any atom is -0.345 e. The molecule has 0 aliphatic carbocycles. The first kappa shape index (κ1) is 12.0. The fourth-order valence-electron chi connectivity index (χ4n) is 1.36. The Morgan fingerprint density at radius 2 is 2.12 bits per heavy atom. The predicted octanol–water partition coefficient (Wildman–Crippen LogP) is 4.46. The molecule has 16 heavy (non-hydrogen) atoms. The summed E-state index contributed by atoms with van der Waals surface area (Å²) in [6.45, 7) is 6.76. The number of benzene rings is 1. The molecule has 0 atom stereocenters. The molecule has 2 rings (SSSR count). The standard InChI is InChI=1S/C12H15BrN2S/c1-12(2,3)6-16-8-4-9(13)11-10(5-8)14-7-15-11/h4-5,7H,6H2,1-3H3,(H,14,15). The van der Waals surface area contributed by atoms with Crippen LogP contribution in [0.3, 0.4) is 0 Å². The highest BCUT2D eigenvalue weighted by atomic mass is 79.9. The van der Waals surface area contributed by atoms with Gasteiger partial charge in [-0.25, -0.2) is 4.98 Å². The van der Waals surface area contributed by atoms with Crippen LogP contribution in [-0.2, 0) is 0 Å². The van der Waals surface area contributed by atoms with Gasteiger partial charge < -0.3 is 4.98 Å². The van der Waals surface area contributed by atoms with Gasteiger partial charge in [0.1, 0.15) is 5.52 Å². The molecule has 1 heterocycles. The molecule has 1 aromatic carbocycles. The van der Waals surface area contributed by atoms with Crippen molar-refractivity contribution in [2.24, 2.45) is 5.41 Å². The molecule has 0 fully saturated rings. The number of rotatable bonds is 2. The van der Waals surface area contributed by atoms with Gasteiger partial charge in [0, 0.05) is 15.1 Å². The van der Waals surface area contributed by atoms with E-state index in [1.165, 1.54) is 4.90 Å². The van der Waals surface area contributed by atoms with Crippen molar-refractivity contribution < 1.29 is 0 Å². The van der Waals surface area contributed by atoms with Crippen LogP contribution in [0.25, 0.3) is 11.0 Å². The van der Waals surface area contributed by atoms with Crippen LogP contribution in [0.2, 0.25) is 0 Å². The zero-order valence-corrected chi connectivity index (χ0v) is 12.1. The van der Waals surface area contributed by atoms with Crippen molar-refractivity contribution in [3.05, 3.63) is 22.9 Å². The van der Waals surface area contributed by atoms with Gasteiger partial charge in [-0.05, 0) is 33.5 Å². The normalized spacial score (nSPS) is 12.2. The van der Waals surface area contributed by atoms with Crippen molar-refractivity contribution in [2.45, 2.75) is 25.7 Å². The van der Waals surface area contributed by atoms with Crippen LogP contribution in [0, 0.1) is 5.41 Å². The number of nitrogens with one attached hydrogen (secondary N) is 1. The smallest absolute Gasteiger partial charge is 0.102 e. The molecule has 2 nitrogen and oxygen atoms in total. The topological polar surface area (TPSA) is 28.7 Å². The summed E-state index contributed by atoms with van der Waals surface area (Å²) in [5.41, 5.74) is 2.44. The average Bonchev–Trinajstić information content (AvgIpc) is 2.62. The van der Waals surface area contributed by atoms with Crippen LogP contribution >= 0.6 is 27.7 Å². The zero-order chi connectivity index (χ0) is 11.8. The summed E-state index contributed by atoms with van der Waals surface area (Å²) in [6, 6.07) is 4.29. The number of fused-ring (bicyclic) bond motifs is 1. The van der Waals surface area contributed by atoms with Crippen LogP contribution in [0.5, 0.6) is 0 Å². The van der Waals surface area contributed by atoms with E-state index >= 15 is 0 Å². The quantitative estimate of drug-likeness (QED) is 0.829. The summed E-state index contributed by atoms with van der Waals surface area (Å²) in [7, 11) is 0. The number of H-pyrrole nitrogens is 1. The lowest BCUT2D eigenvalue weighted by molar-refractivity contribution is 0.481. The van der Waals surface area contributed by atoms with E-state index < -0.39 is 0 Å². The third kappa shape index (κ3) is 2.80. The summed E-state index contributed by atoms with van der Waals surface area (Å²) in [4.78, 5) is 8.68. The number of aromatic nitrogens is 2. The summed E-state index contributed by atoms with van der Waals surface area (Å²) in [5.74, 6) is 1.11. The van der Waals surface area contributed by atoms with Gasteiger partial charge in [-0.3, -0.25) is 0 Å². The molecule has 0 radical (unpaired) electrons. The van der Waals surface area contributed by atoms with Crippen molar-refractivity contribution >= 4 is 38.7 Å². The minimum absolute atomic E-state index is 0.347. The zero-order valence-electron chi connectivity index (χ0n) is 9.67. The Balaban J connectivity index is 2.25. The number of halogens is 1. The highest BCUT2D eigenvalue weighted by Gasteiger charge is 2.12. The molecule has 1 N–H and O–H groups in total. The first-order chi connectivity index (χ1) is 7.46. The molecule has 0 aliphatic heterocycles. The van der Waals surface area contributed by atoms with E-state index in [9.17, 15) is 0 Å². The Morgan fingerprint density at radius 1 is 1.38 bits per heavy atom. The second-order valence-electron chi connectivity index (χ2n) is 5.05. The monoisotopic (exact) mass is 298 g/mol. The first-order valence-electron chi connectivity index (χ1n) is 5.21. The SMILES string of the molecule is CC(C)(C)CSc1cc(Br)c2nc[nH]c2c1. The van der Waals surface area contributed by atoms with Gasteiger partial charge in [0.25, 0.3) is 0 Å². The summed E-state index contributed by atoms with van der Waals surface area (Å²) in [6.07, 6.45) is 1.73. The van der Waals surface area contributed by atoms with E-state index in [0.717, 1.165) is 21.3 Å². The Labute approximate surface area is 108 Å². The number of imidazole rings is 1. The predicted molar refractivity (Wildman–Crippen MR) is 74.0 cm³/mol. The molecular weight excluding hydrogens is 284 g/mol. The third-order valence-electron chi connectivity index (χ3n) is 2.12. The van der Waals surface area contributed by atoms with Crippen molar-refractivity contribution in [1.29, 1.82) is 0 Å². The Bertz CT molecular complexity index is 499. The maximum Gasteiger partial charge on any atom is 0.102 e. The van der Waals surface area contributed by atoms with Crippen LogP contribution in [0.4, 0.5) is 0 Å². The molecular formula is C12H15BrN2S. The van der Waals surface area contributed by atoms with E-state index in [-0.39, 0.29) is 0 Å². The van der Waals surface area contributed by atoms with E-state index in [4.69, 9.17) is 0 Å². The highest BCUT2D eigenvalue weighted by molar-refractivity contribution is 9.10. The van der Waals surface area contributed by atoms with Crippen molar-refractivity contribution in [3.8, 4) is 0 Å². The second-order valence-corrected chi connectivity index (χ2v) is 6.96. The summed E-state index contributed by atoms with van der Waals surface area (Å²) in [5, 5.41) is 0. The maximum atomic E-state index is 4.26. The van der Waals surface area contributed by atoms with Gasteiger partial charge in [-0.15, -0.1) is 11.8 Å². The van der Waals surface area contributed by atoms with E-state index in [2.05, 4.69) is 58.8 Å². The Kier molecular flexibility index (Phi) is 3.31. The van der Waals surface area contributed by atoms with Gasteiger partial charge in [-0.1, -0.05) is 20.8 Å². The Morgan fingerprint density at radius 3 is 2.81 bits per heavy atom. The van der Waals surface area contributed by atoms with Gasteiger partial charge in [0.15, 0.2) is 0 Å². The Hall–Kier alpha value is -0.480. The molecule has 0 unspecified atom stereocenters. The largest absolute Gasteiger partial charge is 0.345 e. The summed E-state index contributed by atoms with van der Waals surface area (Å²) < 4.78 is 1.06. The van der Waals surface area contributed by atoms with Gasteiger partial charge in [0.2, 0.25) is 0 Å². The maximum absolute atomic E-state index is 4.26. The second kappa shape index (κ2) is 4.41.